The smallest absolute Gasteiger partial charge is 0.380 e. The number of hydrogen-bond acceptors (Lipinski definition) is 5. The second kappa shape index (κ2) is 8.61. The van der Waals surface area contributed by atoms with Gasteiger partial charge in [-0.2, -0.15) is 18.4 Å². The summed E-state index contributed by atoms with van der Waals surface area (Å²) in [5, 5.41) is 19.0. The first-order valence-corrected chi connectivity index (χ1v) is 10.6. The molecule has 0 bridgehead atoms. The van der Waals surface area contributed by atoms with Gasteiger partial charge in [-0.15, -0.1) is 0 Å². The van der Waals surface area contributed by atoms with E-state index in [2.05, 4.69) is 0 Å². The second-order valence-electron chi connectivity index (χ2n) is 8.50. The molecular formula is C24H22F3N3O3. The maximum absolute atomic E-state index is 13.3. The van der Waals surface area contributed by atoms with Gasteiger partial charge in [0.25, 0.3) is 11.8 Å². The molecule has 1 atom stereocenters. The number of halogens is 3. The number of likely N-dealkylation sites (tertiary alicyclic amines) is 1. The number of aliphatic hydroxyl groups is 1. The van der Waals surface area contributed by atoms with Crippen LogP contribution in [0.3, 0.4) is 0 Å². The summed E-state index contributed by atoms with van der Waals surface area (Å²) in [6.45, 7) is -0.0446. The maximum atomic E-state index is 13.3. The topological polar surface area (TPSA) is 84.6 Å². The Labute approximate surface area is 188 Å². The minimum absolute atomic E-state index is 0.0107. The van der Waals surface area contributed by atoms with E-state index in [4.69, 9.17) is 5.26 Å². The Kier molecular flexibility index (Phi) is 5.99. The number of hydrogen-bond donors (Lipinski definition) is 1. The second-order valence-corrected chi connectivity index (χ2v) is 8.50. The van der Waals surface area contributed by atoms with Gasteiger partial charge in [-0.1, -0.05) is 24.3 Å². The first-order valence-electron chi connectivity index (χ1n) is 10.6. The summed E-state index contributed by atoms with van der Waals surface area (Å²) in [6.07, 6.45) is -5.32. The minimum Gasteiger partial charge on any atom is -0.380 e. The quantitative estimate of drug-likeness (QED) is 0.698. The van der Waals surface area contributed by atoms with Crippen LogP contribution in [0.15, 0.2) is 48.5 Å². The van der Waals surface area contributed by atoms with Crippen LogP contribution in [-0.2, 0) is 6.42 Å². The van der Waals surface area contributed by atoms with Gasteiger partial charge in [0, 0.05) is 25.7 Å². The monoisotopic (exact) mass is 457 g/mol. The number of fused-ring (bicyclic) bond motifs is 1. The van der Waals surface area contributed by atoms with Crippen molar-refractivity contribution in [2.75, 3.05) is 19.6 Å². The van der Waals surface area contributed by atoms with Crippen LogP contribution in [0.4, 0.5) is 13.2 Å². The fourth-order valence-electron chi connectivity index (χ4n) is 4.45. The number of nitriles is 1. The van der Waals surface area contributed by atoms with Gasteiger partial charge in [-0.3, -0.25) is 19.4 Å². The summed E-state index contributed by atoms with van der Waals surface area (Å²) >= 11 is 0. The van der Waals surface area contributed by atoms with Crippen molar-refractivity contribution in [3.05, 3.63) is 70.8 Å². The highest BCUT2D eigenvalue weighted by Gasteiger charge is 2.55. The van der Waals surface area contributed by atoms with Crippen molar-refractivity contribution in [2.45, 2.75) is 37.1 Å². The van der Waals surface area contributed by atoms with Gasteiger partial charge >= 0.3 is 6.18 Å². The third kappa shape index (κ3) is 4.36. The molecule has 2 aromatic carbocycles. The van der Waals surface area contributed by atoms with Gasteiger partial charge in [0.2, 0.25) is 0 Å². The van der Waals surface area contributed by atoms with Crippen molar-refractivity contribution in [3.63, 3.8) is 0 Å². The lowest BCUT2D eigenvalue weighted by Crippen LogP contribution is -2.57. The molecule has 0 saturated carbocycles. The van der Waals surface area contributed by atoms with E-state index in [1.54, 1.807) is 53.4 Å². The van der Waals surface area contributed by atoms with Crippen LogP contribution < -0.4 is 0 Å². The van der Waals surface area contributed by atoms with Crippen molar-refractivity contribution in [3.8, 4) is 6.07 Å². The molecule has 172 valence electrons. The molecule has 1 fully saturated rings. The Morgan fingerprint density at radius 2 is 1.55 bits per heavy atom. The van der Waals surface area contributed by atoms with E-state index in [0.717, 1.165) is 10.5 Å². The molecule has 0 spiro atoms. The molecule has 0 aliphatic carbocycles. The van der Waals surface area contributed by atoms with E-state index in [0.29, 0.717) is 23.1 Å². The summed E-state index contributed by atoms with van der Waals surface area (Å²) in [6, 6.07) is 14.9. The van der Waals surface area contributed by atoms with Crippen LogP contribution >= 0.6 is 0 Å². The van der Waals surface area contributed by atoms with Crippen LogP contribution in [0.25, 0.3) is 0 Å². The third-order valence-corrected chi connectivity index (χ3v) is 6.50. The Morgan fingerprint density at radius 1 is 1.00 bits per heavy atom. The summed E-state index contributed by atoms with van der Waals surface area (Å²) in [7, 11) is 0. The van der Waals surface area contributed by atoms with Crippen LogP contribution in [-0.4, -0.2) is 64.2 Å². The van der Waals surface area contributed by atoms with Crippen LogP contribution in [0.2, 0.25) is 0 Å². The fourth-order valence-corrected chi connectivity index (χ4v) is 4.45. The van der Waals surface area contributed by atoms with Gasteiger partial charge in [-0.25, -0.2) is 0 Å². The Balaban J connectivity index is 1.56. The number of nitrogens with zero attached hydrogens (tertiary/aromatic N) is 3. The number of alkyl halides is 3. The molecule has 4 rings (SSSR count). The van der Waals surface area contributed by atoms with E-state index < -0.39 is 42.5 Å². The molecule has 0 aromatic heterocycles. The highest BCUT2D eigenvalue weighted by molar-refractivity contribution is 6.21. The zero-order valence-electron chi connectivity index (χ0n) is 17.7. The zero-order chi connectivity index (χ0) is 23.8. The van der Waals surface area contributed by atoms with Crippen molar-refractivity contribution < 1.29 is 27.9 Å². The number of carbonyl (C=O) groups is 2. The molecule has 2 heterocycles. The highest BCUT2D eigenvalue weighted by Crippen LogP contribution is 2.39. The predicted octanol–water partition coefficient (Wildman–Crippen LogP) is 3.15. The molecule has 1 saturated heterocycles. The number of benzene rings is 2. The Bertz CT molecular complexity index is 1070. The van der Waals surface area contributed by atoms with E-state index in [9.17, 15) is 27.9 Å². The van der Waals surface area contributed by atoms with Crippen LogP contribution in [0, 0.1) is 11.3 Å². The van der Waals surface area contributed by atoms with Crippen molar-refractivity contribution >= 4 is 11.8 Å². The van der Waals surface area contributed by atoms with Gasteiger partial charge in [0.1, 0.15) is 0 Å². The first-order chi connectivity index (χ1) is 15.6. The lowest BCUT2D eigenvalue weighted by molar-refractivity contribution is -0.273. The van der Waals surface area contributed by atoms with E-state index in [1.165, 1.54) is 0 Å². The molecule has 9 heteroatoms. The summed E-state index contributed by atoms with van der Waals surface area (Å²) in [5.41, 5.74) is -0.816. The van der Waals surface area contributed by atoms with Crippen molar-refractivity contribution in [1.82, 2.24) is 9.80 Å². The van der Waals surface area contributed by atoms with Crippen LogP contribution in [0.1, 0.15) is 44.7 Å². The molecule has 2 amide bonds. The Hall–Kier alpha value is -3.22. The molecule has 0 radical (unpaired) electrons. The lowest BCUT2D eigenvalue weighted by atomic mass is 9.89. The highest BCUT2D eigenvalue weighted by atomic mass is 19.4. The Morgan fingerprint density at radius 3 is 2.03 bits per heavy atom. The first kappa shape index (κ1) is 23.0. The third-order valence-electron chi connectivity index (χ3n) is 6.50. The SMILES string of the molecule is N#Cc1ccc(CC(CN2C(=O)c3ccccc3C2=O)N2CCC(O)(C(F)(F)F)CC2)cc1. The van der Waals surface area contributed by atoms with E-state index in [1.807, 2.05) is 6.07 Å². The molecular weight excluding hydrogens is 435 g/mol. The minimum atomic E-state index is -4.72. The van der Waals surface area contributed by atoms with Crippen molar-refractivity contribution in [1.29, 1.82) is 5.26 Å². The maximum Gasteiger partial charge on any atom is 0.417 e. The molecule has 2 aromatic rings. The molecule has 6 nitrogen and oxygen atoms in total. The molecule has 1 unspecified atom stereocenters. The number of imide groups is 1. The summed E-state index contributed by atoms with van der Waals surface area (Å²) < 4.78 is 39.8. The normalized spacial score (nSPS) is 19.3. The number of piperidine rings is 1. The molecule has 33 heavy (non-hydrogen) atoms. The largest absolute Gasteiger partial charge is 0.417 e. The summed E-state index contributed by atoms with van der Waals surface area (Å²) in [5.74, 6) is -0.853. The number of rotatable bonds is 5. The summed E-state index contributed by atoms with van der Waals surface area (Å²) in [4.78, 5) is 28.7. The fraction of sp³-hybridized carbons (Fsp3) is 0.375. The average Bonchev–Trinajstić information content (AvgIpc) is 3.04. The standard InChI is InChI=1S/C24H22F3N3O3/c25-24(26,27)23(33)9-11-29(12-10-23)18(13-16-5-7-17(14-28)8-6-16)15-30-21(31)19-3-1-2-4-20(19)22(30)32/h1-8,18,33H,9-13,15H2. The van der Waals surface area contributed by atoms with Crippen molar-refractivity contribution in [2.24, 2.45) is 0 Å². The lowest BCUT2D eigenvalue weighted by Gasteiger charge is -2.43. The molecule has 2 aliphatic heterocycles. The van der Waals surface area contributed by atoms with E-state index in [-0.39, 0.29) is 19.6 Å². The molecule has 2 aliphatic rings. The number of amides is 2. The van der Waals surface area contributed by atoms with Gasteiger partial charge in [0.05, 0.1) is 22.8 Å². The predicted molar refractivity (Wildman–Crippen MR) is 112 cm³/mol. The van der Waals surface area contributed by atoms with E-state index >= 15 is 0 Å². The molecule has 1 N–H and O–H groups in total. The van der Waals surface area contributed by atoms with Gasteiger partial charge in [-0.05, 0) is 49.1 Å². The van der Waals surface area contributed by atoms with Crippen LogP contribution in [0.5, 0.6) is 0 Å². The zero-order valence-corrected chi connectivity index (χ0v) is 17.7. The van der Waals surface area contributed by atoms with Gasteiger partial charge in [0.15, 0.2) is 5.60 Å². The van der Waals surface area contributed by atoms with Gasteiger partial charge < -0.3 is 5.11 Å². The number of carbonyl (C=O) groups excluding carboxylic acids is 2. The average molecular weight is 457 g/mol.